The Hall–Kier alpha value is -1.79. The first kappa shape index (κ1) is 13.6. The molecule has 1 aliphatic rings. The van der Waals surface area contributed by atoms with Crippen molar-refractivity contribution in [1.29, 1.82) is 0 Å². The molecule has 1 amide bonds. The molecule has 1 fully saturated rings. The van der Waals surface area contributed by atoms with Gasteiger partial charge in [0.05, 0.1) is 12.1 Å². The first-order chi connectivity index (χ1) is 9.27. The zero-order valence-corrected chi connectivity index (χ0v) is 11.4. The van der Waals surface area contributed by atoms with Crippen LogP contribution in [0.25, 0.3) is 0 Å². The van der Waals surface area contributed by atoms with Gasteiger partial charge in [-0.05, 0) is 31.4 Å². The van der Waals surface area contributed by atoms with Gasteiger partial charge in [-0.25, -0.2) is 0 Å². The standard InChI is InChI=1S/C16H20N2O/c1-2-12-18(14-9-10-14)16(19)15-8-4-3-6-13(15)7-5-11-17/h3-4,6,8,14H,2,9-12,17H2,1H3. The topological polar surface area (TPSA) is 46.3 Å². The van der Waals surface area contributed by atoms with Crippen LogP contribution < -0.4 is 5.73 Å². The van der Waals surface area contributed by atoms with E-state index in [-0.39, 0.29) is 5.91 Å². The third-order valence-corrected chi connectivity index (χ3v) is 3.20. The number of amides is 1. The lowest BCUT2D eigenvalue weighted by Crippen LogP contribution is -2.34. The maximum absolute atomic E-state index is 12.6. The van der Waals surface area contributed by atoms with Crippen LogP contribution in [0.15, 0.2) is 24.3 Å². The Morgan fingerprint density at radius 2 is 2.16 bits per heavy atom. The van der Waals surface area contributed by atoms with Crippen molar-refractivity contribution in [2.75, 3.05) is 13.1 Å². The van der Waals surface area contributed by atoms with Gasteiger partial charge in [-0.1, -0.05) is 30.9 Å². The molecule has 1 aromatic rings. The summed E-state index contributed by atoms with van der Waals surface area (Å²) in [6, 6.07) is 7.96. The van der Waals surface area contributed by atoms with Crippen molar-refractivity contribution in [3.63, 3.8) is 0 Å². The van der Waals surface area contributed by atoms with Gasteiger partial charge in [-0.3, -0.25) is 4.79 Å². The van der Waals surface area contributed by atoms with E-state index in [1.807, 2.05) is 29.2 Å². The molecule has 3 nitrogen and oxygen atoms in total. The fraction of sp³-hybridized carbons (Fsp3) is 0.438. The summed E-state index contributed by atoms with van der Waals surface area (Å²) in [7, 11) is 0. The number of hydrogen-bond donors (Lipinski definition) is 1. The molecule has 100 valence electrons. The second-order valence-electron chi connectivity index (χ2n) is 4.78. The summed E-state index contributed by atoms with van der Waals surface area (Å²) in [5.41, 5.74) is 6.87. The van der Waals surface area contributed by atoms with Crippen LogP contribution in [0.4, 0.5) is 0 Å². The van der Waals surface area contributed by atoms with Crippen molar-refractivity contribution in [3.8, 4) is 11.8 Å². The van der Waals surface area contributed by atoms with Crippen LogP contribution in [0, 0.1) is 11.8 Å². The van der Waals surface area contributed by atoms with Crippen LogP contribution in [0.3, 0.4) is 0 Å². The fourth-order valence-electron chi connectivity index (χ4n) is 2.16. The Kier molecular flexibility index (Phi) is 4.59. The molecule has 1 aliphatic carbocycles. The molecule has 0 bridgehead atoms. The van der Waals surface area contributed by atoms with Crippen LogP contribution in [0.5, 0.6) is 0 Å². The molecule has 0 radical (unpaired) electrons. The molecule has 0 aromatic heterocycles. The summed E-state index contributed by atoms with van der Waals surface area (Å²) in [6.07, 6.45) is 3.24. The Balaban J connectivity index is 2.26. The highest BCUT2D eigenvalue weighted by atomic mass is 16.2. The van der Waals surface area contributed by atoms with Gasteiger partial charge in [-0.2, -0.15) is 0 Å². The van der Waals surface area contributed by atoms with Gasteiger partial charge in [0.1, 0.15) is 0 Å². The lowest BCUT2D eigenvalue weighted by molar-refractivity contribution is 0.0743. The molecule has 2 N–H and O–H groups in total. The average molecular weight is 256 g/mol. The van der Waals surface area contributed by atoms with Crippen molar-refractivity contribution in [1.82, 2.24) is 4.90 Å². The molecule has 19 heavy (non-hydrogen) atoms. The molecule has 0 saturated heterocycles. The summed E-state index contributed by atoms with van der Waals surface area (Å²) < 4.78 is 0. The molecular weight excluding hydrogens is 236 g/mol. The minimum absolute atomic E-state index is 0.103. The number of nitrogens with zero attached hydrogens (tertiary/aromatic N) is 1. The minimum atomic E-state index is 0.103. The number of rotatable bonds is 4. The van der Waals surface area contributed by atoms with Gasteiger partial charge in [-0.15, -0.1) is 0 Å². The number of benzene rings is 1. The highest BCUT2D eigenvalue weighted by Crippen LogP contribution is 2.28. The quantitative estimate of drug-likeness (QED) is 0.838. The highest BCUT2D eigenvalue weighted by Gasteiger charge is 2.32. The molecule has 0 spiro atoms. The van der Waals surface area contributed by atoms with Crippen molar-refractivity contribution < 1.29 is 4.79 Å². The summed E-state index contributed by atoms with van der Waals surface area (Å²) in [4.78, 5) is 14.6. The second-order valence-corrected chi connectivity index (χ2v) is 4.78. The largest absolute Gasteiger partial charge is 0.336 e. The molecule has 2 rings (SSSR count). The third kappa shape index (κ3) is 3.36. The van der Waals surface area contributed by atoms with Crippen LogP contribution in [-0.2, 0) is 0 Å². The monoisotopic (exact) mass is 256 g/mol. The zero-order chi connectivity index (χ0) is 13.7. The Bertz CT molecular complexity index is 509. The molecule has 1 aromatic carbocycles. The molecular formula is C16H20N2O. The zero-order valence-electron chi connectivity index (χ0n) is 11.4. The van der Waals surface area contributed by atoms with Crippen LogP contribution >= 0.6 is 0 Å². The van der Waals surface area contributed by atoms with E-state index < -0.39 is 0 Å². The molecule has 0 heterocycles. The van der Waals surface area contributed by atoms with E-state index in [1.54, 1.807) is 0 Å². The maximum atomic E-state index is 12.6. The van der Waals surface area contributed by atoms with Gasteiger partial charge >= 0.3 is 0 Å². The summed E-state index contributed by atoms with van der Waals surface area (Å²) >= 11 is 0. The summed E-state index contributed by atoms with van der Waals surface area (Å²) in [6.45, 7) is 3.23. The third-order valence-electron chi connectivity index (χ3n) is 3.20. The molecule has 3 heteroatoms. The first-order valence-electron chi connectivity index (χ1n) is 6.86. The van der Waals surface area contributed by atoms with Crippen molar-refractivity contribution >= 4 is 5.91 Å². The summed E-state index contributed by atoms with van der Waals surface area (Å²) in [5.74, 6) is 5.91. The lowest BCUT2D eigenvalue weighted by Gasteiger charge is -2.22. The van der Waals surface area contributed by atoms with E-state index in [0.29, 0.717) is 18.2 Å². The lowest BCUT2D eigenvalue weighted by atomic mass is 10.1. The van der Waals surface area contributed by atoms with Crippen LogP contribution in [0.1, 0.15) is 42.1 Å². The predicted molar refractivity (Wildman–Crippen MR) is 76.7 cm³/mol. The SMILES string of the molecule is CCCN(C(=O)c1ccccc1C#CCN)C1CC1. The second kappa shape index (κ2) is 6.40. The van der Waals surface area contributed by atoms with Gasteiger partial charge < -0.3 is 10.6 Å². The minimum Gasteiger partial charge on any atom is -0.336 e. The van der Waals surface area contributed by atoms with Crippen molar-refractivity contribution in [2.45, 2.75) is 32.2 Å². The van der Waals surface area contributed by atoms with Crippen LogP contribution in [0.2, 0.25) is 0 Å². The average Bonchev–Trinajstić information content (AvgIpc) is 3.26. The first-order valence-corrected chi connectivity index (χ1v) is 6.86. The predicted octanol–water partition coefficient (Wildman–Crippen LogP) is 2.01. The Morgan fingerprint density at radius 1 is 1.42 bits per heavy atom. The number of nitrogens with two attached hydrogens (primary N) is 1. The molecule has 0 aliphatic heterocycles. The van der Waals surface area contributed by atoms with E-state index in [1.165, 1.54) is 0 Å². The smallest absolute Gasteiger partial charge is 0.255 e. The van der Waals surface area contributed by atoms with Gasteiger partial charge in [0.15, 0.2) is 0 Å². The number of carbonyl (C=O) groups excluding carboxylic acids is 1. The van der Waals surface area contributed by atoms with E-state index in [0.717, 1.165) is 31.4 Å². The van der Waals surface area contributed by atoms with Gasteiger partial charge in [0.2, 0.25) is 0 Å². The van der Waals surface area contributed by atoms with Crippen LogP contribution in [-0.4, -0.2) is 29.9 Å². The molecule has 0 atom stereocenters. The van der Waals surface area contributed by atoms with E-state index in [2.05, 4.69) is 18.8 Å². The van der Waals surface area contributed by atoms with E-state index in [9.17, 15) is 4.79 Å². The van der Waals surface area contributed by atoms with Gasteiger partial charge in [0, 0.05) is 18.2 Å². The Labute approximate surface area is 114 Å². The molecule has 1 saturated carbocycles. The van der Waals surface area contributed by atoms with Crippen molar-refractivity contribution in [3.05, 3.63) is 35.4 Å². The Morgan fingerprint density at radius 3 is 2.79 bits per heavy atom. The number of hydrogen-bond acceptors (Lipinski definition) is 2. The summed E-state index contributed by atoms with van der Waals surface area (Å²) in [5, 5.41) is 0. The van der Waals surface area contributed by atoms with Crippen molar-refractivity contribution in [2.24, 2.45) is 5.73 Å². The fourth-order valence-corrected chi connectivity index (χ4v) is 2.16. The normalized spacial score (nSPS) is 13.6. The number of carbonyl (C=O) groups is 1. The van der Waals surface area contributed by atoms with E-state index >= 15 is 0 Å². The maximum Gasteiger partial charge on any atom is 0.255 e. The highest BCUT2D eigenvalue weighted by molar-refractivity contribution is 5.97. The van der Waals surface area contributed by atoms with E-state index in [4.69, 9.17) is 5.73 Å². The van der Waals surface area contributed by atoms with Gasteiger partial charge in [0.25, 0.3) is 5.91 Å². The molecule has 0 unspecified atom stereocenters.